The number of amides is 1. The fourth-order valence-corrected chi connectivity index (χ4v) is 2.09. The molecule has 0 bridgehead atoms. The minimum absolute atomic E-state index is 0.132. The van der Waals surface area contributed by atoms with Crippen molar-refractivity contribution in [3.63, 3.8) is 0 Å². The Kier molecular flexibility index (Phi) is 3.55. The molecule has 0 spiro atoms. The Morgan fingerprint density at radius 3 is 2.58 bits per heavy atom. The van der Waals surface area contributed by atoms with E-state index in [-0.39, 0.29) is 18.6 Å². The van der Waals surface area contributed by atoms with Crippen LogP contribution < -0.4 is 10.1 Å². The van der Waals surface area contributed by atoms with Gasteiger partial charge in [0, 0.05) is 12.0 Å². The minimum Gasteiger partial charge on any atom is -0.497 e. The van der Waals surface area contributed by atoms with Crippen LogP contribution in [0.4, 0.5) is 0 Å². The summed E-state index contributed by atoms with van der Waals surface area (Å²) >= 11 is 0. The highest BCUT2D eigenvalue weighted by atomic mass is 16.5. The fourth-order valence-electron chi connectivity index (χ4n) is 2.09. The van der Waals surface area contributed by atoms with Crippen molar-refractivity contribution >= 4 is 11.7 Å². The number of aliphatic hydroxyl groups is 2. The van der Waals surface area contributed by atoms with Crippen molar-refractivity contribution in [2.24, 2.45) is 0 Å². The summed E-state index contributed by atoms with van der Waals surface area (Å²) < 4.78 is 4.97. The Hall–Kier alpha value is -1.92. The molecule has 0 aromatic heterocycles. The summed E-state index contributed by atoms with van der Waals surface area (Å²) in [5.74, 6) is -0.872. The number of nitrogens with one attached hydrogen (secondary N) is 1. The number of ketones is 1. The Balaban J connectivity index is 2.25. The van der Waals surface area contributed by atoms with Gasteiger partial charge >= 0.3 is 0 Å². The first-order chi connectivity index (χ1) is 9.01. The molecule has 19 heavy (non-hydrogen) atoms. The zero-order chi connectivity index (χ0) is 14.0. The van der Waals surface area contributed by atoms with Crippen molar-refractivity contribution in [1.29, 1.82) is 0 Å². The summed E-state index contributed by atoms with van der Waals surface area (Å²) in [4.78, 5) is 23.9. The van der Waals surface area contributed by atoms with Gasteiger partial charge in [-0.15, -0.1) is 0 Å². The van der Waals surface area contributed by atoms with Crippen LogP contribution in [0.15, 0.2) is 24.3 Å². The summed E-state index contributed by atoms with van der Waals surface area (Å²) in [7, 11) is 1.50. The lowest BCUT2D eigenvalue weighted by atomic mass is 9.90. The number of ether oxygens (including phenoxy) is 1. The van der Waals surface area contributed by atoms with E-state index < -0.39 is 23.3 Å². The van der Waals surface area contributed by atoms with E-state index in [9.17, 15) is 14.7 Å². The van der Waals surface area contributed by atoms with Crippen LogP contribution in [0, 0.1) is 0 Å². The van der Waals surface area contributed by atoms with E-state index >= 15 is 0 Å². The molecular weight excluding hydrogens is 250 g/mol. The van der Waals surface area contributed by atoms with E-state index in [0.717, 1.165) is 0 Å². The average Bonchev–Trinajstić information content (AvgIpc) is 2.74. The molecule has 6 heteroatoms. The molecule has 0 saturated carbocycles. The third-order valence-electron chi connectivity index (χ3n) is 3.20. The smallest absolute Gasteiger partial charge is 0.260 e. The molecular formula is C13H15NO5. The molecule has 1 aliphatic heterocycles. The molecule has 1 aromatic carbocycles. The third-order valence-corrected chi connectivity index (χ3v) is 3.20. The maximum atomic E-state index is 12.2. The molecule has 0 radical (unpaired) electrons. The van der Waals surface area contributed by atoms with Crippen molar-refractivity contribution in [2.45, 2.75) is 18.1 Å². The molecule has 6 nitrogen and oxygen atoms in total. The summed E-state index contributed by atoms with van der Waals surface area (Å²) in [5.41, 5.74) is -1.89. The van der Waals surface area contributed by atoms with Crippen LogP contribution in [0.5, 0.6) is 5.75 Å². The van der Waals surface area contributed by atoms with Crippen molar-refractivity contribution in [3.8, 4) is 5.75 Å². The van der Waals surface area contributed by atoms with Crippen molar-refractivity contribution in [1.82, 2.24) is 5.32 Å². The molecule has 1 fully saturated rings. The topological polar surface area (TPSA) is 95.9 Å². The largest absolute Gasteiger partial charge is 0.497 e. The molecule has 2 rings (SSSR count). The third kappa shape index (κ3) is 2.32. The predicted octanol–water partition coefficient (Wildman–Crippen LogP) is -0.510. The number of hydrogen-bond acceptors (Lipinski definition) is 5. The van der Waals surface area contributed by atoms with Crippen LogP contribution >= 0.6 is 0 Å². The SMILES string of the molecule is COc1ccc(C(=O)C2(O)C[C@@H](CO)NC2=O)cc1. The van der Waals surface area contributed by atoms with Gasteiger partial charge in [-0.05, 0) is 24.3 Å². The summed E-state index contributed by atoms with van der Waals surface area (Å²) in [6.07, 6.45) is -0.132. The van der Waals surface area contributed by atoms with Gasteiger partial charge in [-0.25, -0.2) is 0 Å². The summed E-state index contributed by atoms with van der Waals surface area (Å²) in [5, 5.41) is 21.6. The van der Waals surface area contributed by atoms with Gasteiger partial charge in [0.15, 0.2) is 0 Å². The number of Topliss-reactive ketones (excluding diaryl/α,β-unsaturated/α-hetero) is 1. The normalized spacial score (nSPS) is 26.1. The Labute approximate surface area is 110 Å². The molecule has 1 aromatic rings. The van der Waals surface area contributed by atoms with Gasteiger partial charge < -0.3 is 20.3 Å². The lowest BCUT2D eigenvalue weighted by Crippen LogP contribution is -2.45. The number of carbonyl (C=O) groups is 2. The van der Waals surface area contributed by atoms with E-state index in [1.165, 1.54) is 19.2 Å². The first kappa shape index (κ1) is 13.5. The van der Waals surface area contributed by atoms with Crippen LogP contribution in [0.25, 0.3) is 0 Å². The van der Waals surface area contributed by atoms with Gasteiger partial charge in [0.25, 0.3) is 5.91 Å². The van der Waals surface area contributed by atoms with Crippen molar-refractivity contribution in [3.05, 3.63) is 29.8 Å². The van der Waals surface area contributed by atoms with Crippen LogP contribution in [-0.2, 0) is 4.79 Å². The van der Waals surface area contributed by atoms with Gasteiger partial charge in [-0.2, -0.15) is 0 Å². The standard InChI is InChI=1S/C13H15NO5/c1-19-10-4-2-8(3-5-10)11(16)13(18)6-9(7-15)14-12(13)17/h2-5,9,15,18H,6-7H2,1H3,(H,14,17)/t9-,13?/m0/s1. The molecule has 102 valence electrons. The Morgan fingerprint density at radius 2 is 2.11 bits per heavy atom. The van der Waals surface area contributed by atoms with Crippen LogP contribution in [-0.4, -0.2) is 47.3 Å². The lowest BCUT2D eigenvalue weighted by molar-refractivity contribution is -0.131. The molecule has 1 saturated heterocycles. The summed E-state index contributed by atoms with van der Waals surface area (Å²) in [6, 6.07) is 5.52. The van der Waals surface area contributed by atoms with E-state index in [2.05, 4.69) is 5.32 Å². The second-order valence-electron chi connectivity index (χ2n) is 4.47. The van der Waals surface area contributed by atoms with E-state index in [1.54, 1.807) is 12.1 Å². The van der Waals surface area contributed by atoms with E-state index in [1.807, 2.05) is 0 Å². The fraction of sp³-hybridized carbons (Fsp3) is 0.385. The molecule has 2 atom stereocenters. The summed E-state index contributed by atoms with van der Waals surface area (Å²) in [6.45, 7) is -0.316. The lowest BCUT2D eigenvalue weighted by Gasteiger charge is -2.17. The Bertz CT molecular complexity index is 498. The zero-order valence-corrected chi connectivity index (χ0v) is 10.4. The van der Waals surface area contributed by atoms with E-state index in [4.69, 9.17) is 9.84 Å². The van der Waals surface area contributed by atoms with Crippen LogP contribution in [0.3, 0.4) is 0 Å². The average molecular weight is 265 g/mol. The number of benzene rings is 1. The second kappa shape index (κ2) is 4.99. The molecule has 1 aliphatic rings. The van der Waals surface area contributed by atoms with Gasteiger partial charge in [-0.3, -0.25) is 9.59 Å². The highest BCUT2D eigenvalue weighted by Gasteiger charge is 2.51. The number of aliphatic hydroxyl groups excluding tert-OH is 1. The molecule has 1 heterocycles. The second-order valence-corrected chi connectivity index (χ2v) is 4.47. The van der Waals surface area contributed by atoms with Crippen LogP contribution in [0.2, 0.25) is 0 Å². The highest BCUT2D eigenvalue weighted by Crippen LogP contribution is 2.26. The monoisotopic (exact) mass is 265 g/mol. The first-order valence-corrected chi connectivity index (χ1v) is 5.84. The molecule has 3 N–H and O–H groups in total. The number of methoxy groups -OCH3 is 1. The van der Waals surface area contributed by atoms with Gasteiger partial charge in [-0.1, -0.05) is 0 Å². The molecule has 1 amide bonds. The van der Waals surface area contributed by atoms with E-state index in [0.29, 0.717) is 5.75 Å². The molecule has 0 aliphatic carbocycles. The number of hydrogen-bond donors (Lipinski definition) is 3. The predicted molar refractivity (Wildman–Crippen MR) is 65.9 cm³/mol. The number of rotatable bonds is 4. The van der Waals surface area contributed by atoms with Gasteiger partial charge in [0.2, 0.25) is 11.4 Å². The highest BCUT2D eigenvalue weighted by molar-refractivity contribution is 6.17. The van der Waals surface area contributed by atoms with Gasteiger partial charge in [0.05, 0.1) is 19.8 Å². The quantitative estimate of drug-likeness (QED) is 0.503. The van der Waals surface area contributed by atoms with Crippen molar-refractivity contribution < 1.29 is 24.5 Å². The number of carbonyl (C=O) groups excluding carboxylic acids is 2. The zero-order valence-electron chi connectivity index (χ0n) is 10.4. The minimum atomic E-state index is -2.11. The maximum Gasteiger partial charge on any atom is 0.260 e. The van der Waals surface area contributed by atoms with Gasteiger partial charge in [0.1, 0.15) is 5.75 Å². The first-order valence-electron chi connectivity index (χ1n) is 5.84. The Morgan fingerprint density at radius 1 is 1.47 bits per heavy atom. The van der Waals surface area contributed by atoms with Crippen molar-refractivity contribution in [2.75, 3.05) is 13.7 Å². The molecule has 1 unspecified atom stereocenters. The maximum absolute atomic E-state index is 12.2. The van der Waals surface area contributed by atoms with Crippen LogP contribution in [0.1, 0.15) is 16.8 Å².